The second-order valence-electron chi connectivity index (χ2n) is 12.2. The lowest BCUT2D eigenvalue weighted by Crippen LogP contribution is -2.58. The minimum atomic E-state index is -1.13. The summed E-state index contributed by atoms with van der Waals surface area (Å²) in [4.78, 5) is 17.8. The van der Waals surface area contributed by atoms with Crippen LogP contribution in [0, 0.1) is 35.0 Å². The van der Waals surface area contributed by atoms with Crippen molar-refractivity contribution in [2.75, 3.05) is 0 Å². The van der Waals surface area contributed by atoms with E-state index in [0.29, 0.717) is 37.6 Å². The fourth-order valence-corrected chi connectivity index (χ4v) is 8.81. The van der Waals surface area contributed by atoms with Gasteiger partial charge in [0.25, 0.3) is 0 Å². The summed E-state index contributed by atoms with van der Waals surface area (Å²) in [6, 6.07) is 1.92. The maximum absolute atomic E-state index is 16.5. The van der Waals surface area contributed by atoms with Gasteiger partial charge >= 0.3 is 0 Å². The molecule has 4 aliphatic rings. The van der Waals surface area contributed by atoms with Crippen molar-refractivity contribution in [2.45, 2.75) is 89.4 Å². The smallest absolute Gasteiger partial charge is 0.157 e. The van der Waals surface area contributed by atoms with Gasteiger partial charge in [0.1, 0.15) is 12.2 Å². The van der Waals surface area contributed by atoms with Crippen LogP contribution in [-0.4, -0.2) is 36.9 Å². The highest BCUT2D eigenvalue weighted by Crippen LogP contribution is 2.66. The number of carbonyl (C=O) groups excluding carboxylic acids is 1. The molecule has 0 spiro atoms. The number of Topliss-reactive ketones (excluding diaryl/α,β-unsaturated/α-hetero) is 1. The fraction of sp³-hybridized carbons (Fsp3) is 0.741. The molecule has 2 aromatic rings. The Kier molecular flexibility index (Phi) is 4.82. The summed E-state index contributed by atoms with van der Waals surface area (Å²) in [5.74, 6) is 1.19. The molecule has 1 N–H and O–H groups in total. The zero-order valence-electron chi connectivity index (χ0n) is 19.8. The van der Waals surface area contributed by atoms with Gasteiger partial charge in [0.15, 0.2) is 5.78 Å². The molecule has 0 aromatic carbocycles. The average molecular weight is 454 g/mol. The molecule has 4 saturated carbocycles. The van der Waals surface area contributed by atoms with Gasteiger partial charge in [0.05, 0.1) is 23.5 Å². The normalized spacial score (nSPS) is 44.8. The molecule has 0 radical (unpaired) electrons. The third-order valence-electron chi connectivity index (χ3n) is 10.5. The molecule has 178 valence electrons. The van der Waals surface area contributed by atoms with Crippen LogP contribution >= 0.6 is 0 Å². The van der Waals surface area contributed by atoms with E-state index in [9.17, 15) is 9.90 Å². The topological polar surface area (TPSA) is 68.0 Å². The summed E-state index contributed by atoms with van der Waals surface area (Å²) < 4.78 is 18.3. The molecular weight excluding hydrogens is 417 g/mol. The van der Waals surface area contributed by atoms with Crippen LogP contribution in [0.25, 0.3) is 10.9 Å². The largest absolute Gasteiger partial charge is 0.390 e. The van der Waals surface area contributed by atoms with Crippen molar-refractivity contribution in [1.82, 2.24) is 14.8 Å². The average Bonchev–Trinajstić information content (AvgIpc) is 3.35. The van der Waals surface area contributed by atoms with E-state index in [1.165, 1.54) is 0 Å². The van der Waals surface area contributed by atoms with Crippen molar-refractivity contribution in [3.8, 4) is 0 Å². The van der Waals surface area contributed by atoms with Crippen molar-refractivity contribution in [2.24, 2.45) is 35.0 Å². The third kappa shape index (κ3) is 3.23. The SMILES string of the molecule is C[C@@]1(O)CC[C@@]2(F)[C@H](CCC3[C@@H]4CC[C@H](C(=O)Cn5ncc6ccncc65)[C@@]4(C)CC[C@@H]32)C1. The monoisotopic (exact) mass is 453 g/mol. The fourth-order valence-electron chi connectivity index (χ4n) is 8.81. The number of halogens is 1. The van der Waals surface area contributed by atoms with E-state index < -0.39 is 11.3 Å². The lowest BCUT2D eigenvalue weighted by Gasteiger charge is -2.59. The number of carbonyl (C=O) groups is 1. The molecular formula is C27H36FN3O2. The number of fused-ring (bicyclic) bond motifs is 6. The van der Waals surface area contributed by atoms with E-state index in [4.69, 9.17) is 0 Å². The summed E-state index contributed by atoms with van der Waals surface area (Å²) in [6.45, 7) is 4.48. The number of hydrogen-bond donors (Lipinski definition) is 1. The quantitative estimate of drug-likeness (QED) is 0.701. The Balaban J connectivity index is 1.22. The highest BCUT2D eigenvalue weighted by atomic mass is 19.1. The van der Waals surface area contributed by atoms with Gasteiger partial charge in [-0.3, -0.25) is 14.5 Å². The maximum atomic E-state index is 16.5. The van der Waals surface area contributed by atoms with Gasteiger partial charge < -0.3 is 5.11 Å². The van der Waals surface area contributed by atoms with E-state index in [1.807, 2.05) is 13.0 Å². The summed E-state index contributed by atoms with van der Waals surface area (Å²) in [7, 11) is 0. The van der Waals surface area contributed by atoms with E-state index in [-0.39, 0.29) is 29.0 Å². The van der Waals surface area contributed by atoms with Crippen LogP contribution in [0.4, 0.5) is 4.39 Å². The molecule has 1 unspecified atom stereocenters. The van der Waals surface area contributed by atoms with Crippen molar-refractivity contribution >= 4 is 16.7 Å². The lowest BCUT2D eigenvalue weighted by molar-refractivity contribution is -0.165. The number of aromatic nitrogens is 3. The van der Waals surface area contributed by atoms with Crippen molar-refractivity contribution in [1.29, 1.82) is 0 Å². The highest BCUT2D eigenvalue weighted by Gasteiger charge is 2.63. The van der Waals surface area contributed by atoms with Gasteiger partial charge in [-0.1, -0.05) is 6.92 Å². The zero-order valence-corrected chi connectivity index (χ0v) is 19.8. The van der Waals surface area contributed by atoms with Crippen LogP contribution in [0.3, 0.4) is 0 Å². The Bertz CT molecular complexity index is 1080. The minimum Gasteiger partial charge on any atom is -0.390 e. The number of hydrogen-bond acceptors (Lipinski definition) is 4. The maximum Gasteiger partial charge on any atom is 0.157 e. The molecule has 0 saturated heterocycles. The minimum absolute atomic E-state index is 0.00704. The van der Waals surface area contributed by atoms with Gasteiger partial charge in [0, 0.05) is 17.5 Å². The van der Waals surface area contributed by atoms with E-state index in [0.717, 1.165) is 49.4 Å². The van der Waals surface area contributed by atoms with Gasteiger partial charge in [-0.2, -0.15) is 5.10 Å². The van der Waals surface area contributed by atoms with Gasteiger partial charge in [0.2, 0.25) is 0 Å². The lowest BCUT2D eigenvalue weighted by atomic mass is 9.48. The molecule has 0 aliphatic heterocycles. The summed E-state index contributed by atoms with van der Waals surface area (Å²) >= 11 is 0. The molecule has 0 bridgehead atoms. The number of nitrogens with zero attached hydrogens (tertiary/aromatic N) is 3. The van der Waals surface area contributed by atoms with E-state index >= 15 is 4.39 Å². The summed E-state index contributed by atoms with van der Waals surface area (Å²) in [6.07, 6.45) is 12.7. The first-order valence-electron chi connectivity index (χ1n) is 12.9. The Morgan fingerprint density at radius 3 is 2.82 bits per heavy atom. The first-order valence-corrected chi connectivity index (χ1v) is 12.9. The van der Waals surface area contributed by atoms with Crippen molar-refractivity contribution in [3.63, 3.8) is 0 Å². The molecule has 8 atom stereocenters. The number of rotatable bonds is 3. The van der Waals surface area contributed by atoms with Crippen molar-refractivity contribution in [3.05, 3.63) is 24.7 Å². The molecule has 4 aliphatic carbocycles. The molecule has 6 rings (SSSR count). The number of ketones is 1. The Morgan fingerprint density at radius 2 is 1.97 bits per heavy atom. The van der Waals surface area contributed by atoms with Crippen molar-refractivity contribution < 1.29 is 14.3 Å². The summed E-state index contributed by atoms with van der Waals surface area (Å²) in [5.41, 5.74) is -0.980. The van der Waals surface area contributed by atoms with Crippen LogP contribution < -0.4 is 0 Å². The standard InChI is InChI=1S/C27H36FN3O2/c1-25(33)10-11-27(28)18(13-25)3-4-19-20-5-6-22(26(20,2)9-7-21(19)27)24(32)16-31-23-15-29-12-8-17(23)14-30-31/h8,12,14-15,18-22,33H,3-7,9-11,13,16H2,1-2H3/t18-,19?,20+,21+,22-,25-,26+,27-/m1/s1. The molecule has 33 heavy (non-hydrogen) atoms. The second kappa shape index (κ2) is 7.34. The predicted molar refractivity (Wildman–Crippen MR) is 124 cm³/mol. The molecule has 5 nitrogen and oxygen atoms in total. The van der Waals surface area contributed by atoms with Crippen LogP contribution in [0.2, 0.25) is 0 Å². The molecule has 2 aromatic heterocycles. The molecule has 0 amide bonds. The van der Waals surface area contributed by atoms with Crippen LogP contribution in [0.15, 0.2) is 24.7 Å². The van der Waals surface area contributed by atoms with Gasteiger partial charge in [-0.05, 0) is 99.9 Å². The van der Waals surface area contributed by atoms with Crippen LogP contribution in [0.1, 0.15) is 71.6 Å². The van der Waals surface area contributed by atoms with E-state index in [2.05, 4.69) is 17.0 Å². The first-order chi connectivity index (χ1) is 15.7. The Hall–Kier alpha value is -1.82. The first kappa shape index (κ1) is 21.7. The second-order valence-corrected chi connectivity index (χ2v) is 12.2. The third-order valence-corrected chi connectivity index (χ3v) is 10.5. The van der Waals surface area contributed by atoms with Gasteiger partial charge in [-0.25, -0.2) is 4.39 Å². The number of aliphatic hydroxyl groups is 1. The number of alkyl halides is 1. The molecule has 2 heterocycles. The predicted octanol–water partition coefficient (Wildman–Crippen LogP) is 5.11. The Labute approximate surface area is 195 Å². The van der Waals surface area contributed by atoms with Crippen LogP contribution in [0.5, 0.6) is 0 Å². The van der Waals surface area contributed by atoms with E-state index in [1.54, 1.807) is 23.3 Å². The summed E-state index contributed by atoms with van der Waals surface area (Å²) in [5, 5.41) is 16.0. The Morgan fingerprint density at radius 1 is 1.12 bits per heavy atom. The molecule has 6 heteroatoms. The number of pyridine rings is 1. The highest BCUT2D eigenvalue weighted by molar-refractivity contribution is 5.84. The zero-order chi connectivity index (χ0) is 23.0. The van der Waals surface area contributed by atoms with Gasteiger partial charge in [-0.15, -0.1) is 0 Å². The molecule has 4 fully saturated rings. The van der Waals surface area contributed by atoms with Crippen LogP contribution in [-0.2, 0) is 11.3 Å².